The standard InChI is InChI=1S/C19H31N3O2S/c1-15-6-9-21(10-7-15)17(18-5-3-11-25-18)12-20-19(24)22-8-2-4-16(13-22)14-23/h3,5,11,15-17,23H,2,4,6-10,12-14H2,1H3,(H,20,24). The third kappa shape index (κ3) is 4.96. The Kier molecular flexibility index (Phi) is 6.73. The molecular formula is C19H31N3O2S. The van der Waals surface area contributed by atoms with E-state index in [4.69, 9.17) is 0 Å². The molecule has 0 spiro atoms. The van der Waals surface area contributed by atoms with E-state index in [-0.39, 0.29) is 24.6 Å². The summed E-state index contributed by atoms with van der Waals surface area (Å²) >= 11 is 1.78. The van der Waals surface area contributed by atoms with Crippen molar-refractivity contribution in [2.75, 3.05) is 39.3 Å². The van der Waals surface area contributed by atoms with Crippen LogP contribution < -0.4 is 5.32 Å². The molecule has 2 N–H and O–H groups in total. The summed E-state index contributed by atoms with van der Waals surface area (Å²) in [5.41, 5.74) is 0. The molecule has 0 aromatic carbocycles. The zero-order valence-corrected chi connectivity index (χ0v) is 16.0. The van der Waals surface area contributed by atoms with Crippen LogP contribution in [0.5, 0.6) is 0 Å². The maximum atomic E-state index is 12.6. The number of thiophene rings is 1. The molecule has 1 aromatic rings. The third-order valence-electron chi connectivity index (χ3n) is 5.64. The van der Waals surface area contributed by atoms with E-state index in [2.05, 4.69) is 34.7 Å². The molecule has 25 heavy (non-hydrogen) atoms. The van der Waals surface area contributed by atoms with Crippen molar-refractivity contribution < 1.29 is 9.90 Å². The highest BCUT2D eigenvalue weighted by atomic mass is 32.1. The largest absolute Gasteiger partial charge is 0.396 e. The minimum atomic E-state index is 0.0186. The second-order valence-corrected chi connectivity index (χ2v) is 8.55. The van der Waals surface area contributed by atoms with Crippen molar-refractivity contribution in [3.63, 3.8) is 0 Å². The fourth-order valence-electron chi connectivity index (χ4n) is 3.93. The quantitative estimate of drug-likeness (QED) is 0.843. The predicted molar refractivity (Wildman–Crippen MR) is 102 cm³/mol. The first-order valence-electron chi connectivity index (χ1n) is 9.58. The Labute approximate surface area is 155 Å². The number of aliphatic hydroxyl groups excluding tert-OH is 1. The van der Waals surface area contributed by atoms with Gasteiger partial charge < -0.3 is 15.3 Å². The number of likely N-dealkylation sites (tertiary alicyclic amines) is 2. The van der Waals surface area contributed by atoms with Crippen LogP contribution in [-0.2, 0) is 0 Å². The minimum Gasteiger partial charge on any atom is -0.396 e. The van der Waals surface area contributed by atoms with Crippen LogP contribution in [0.1, 0.15) is 43.5 Å². The molecule has 6 heteroatoms. The van der Waals surface area contributed by atoms with E-state index in [1.165, 1.54) is 17.7 Å². The van der Waals surface area contributed by atoms with Crippen molar-refractivity contribution in [2.24, 2.45) is 11.8 Å². The van der Waals surface area contributed by atoms with Crippen LogP contribution in [0.4, 0.5) is 4.79 Å². The fourth-order valence-corrected chi connectivity index (χ4v) is 4.79. The number of piperidine rings is 2. The number of aliphatic hydroxyl groups is 1. The van der Waals surface area contributed by atoms with Gasteiger partial charge in [-0.1, -0.05) is 13.0 Å². The zero-order chi connectivity index (χ0) is 17.6. The van der Waals surface area contributed by atoms with Crippen molar-refractivity contribution in [3.8, 4) is 0 Å². The molecule has 2 fully saturated rings. The monoisotopic (exact) mass is 365 g/mol. The number of hydrogen-bond donors (Lipinski definition) is 2. The number of nitrogens with one attached hydrogen (secondary N) is 1. The van der Waals surface area contributed by atoms with Gasteiger partial charge in [-0.25, -0.2) is 4.79 Å². The zero-order valence-electron chi connectivity index (χ0n) is 15.2. The molecule has 1 aromatic heterocycles. The number of hydrogen-bond acceptors (Lipinski definition) is 4. The van der Waals surface area contributed by atoms with Crippen molar-refractivity contribution in [2.45, 2.75) is 38.6 Å². The predicted octanol–water partition coefficient (Wildman–Crippen LogP) is 2.94. The highest BCUT2D eigenvalue weighted by Gasteiger charge is 2.27. The molecular weight excluding hydrogens is 334 g/mol. The van der Waals surface area contributed by atoms with Crippen molar-refractivity contribution in [3.05, 3.63) is 22.4 Å². The van der Waals surface area contributed by atoms with Crippen LogP contribution in [-0.4, -0.2) is 60.3 Å². The van der Waals surface area contributed by atoms with Gasteiger partial charge in [0.1, 0.15) is 0 Å². The summed E-state index contributed by atoms with van der Waals surface area (Å²) in [6.45, 7) is 6.85. The summed E-state index contributed by atoms with van der Waals surface area (Å²) < 4.78 is 0. The Bertz CT molecular complexity index is 529. The van der Waals surface area contributed by atoms with E-state index in [0.29, 0.717) is 13.1 Å². The van der Waals surface area contributed by atoms with Gasteiger partial charge in [-0.05, 0) is 62.1 Å². The van der Waals surface area contributed by atoms with Crippen LogP contribution in [0.15, 0.2) is 17.5 Å². The average Bonchev–Trinajstić information content (AvgIpc) is 3.17. The molecule has 0 bridgehead atoms. The SMILES string of the molecule is CC1CCN(C(CNC(=O)N2CCCC(CO)C2)c2cccs2)CC1. The van der Waals surface area contributed by atoms with Gasteiger partial charge in [0.25, 0.3) is 0 Å². The van der Waals surface area contributed by atoms with Crippen LogP contribution in [0.3, 0.4) is 0 Å². The molecule has 2 aliphatic rings. The molecule has 140 valence electrons. The first-order valence-corrected chi connectivity index (χ1v) is 10.5. The molecule has 2 unspecified atom stereocenters. The van der Waals surface area contributed by atoms with E-state index in [0.717, 1.165) is 38.4 Å². The van der Waals surface area contributed by atoms with Gasteiger partial charge in [-0.2, -0.15) is 0 Å². The van der Waals surface area contributed by atoms with Gasteiger partial charge >= 0.3 is 6.03 Å². The average molecular weight is 366 g/mol. The van der Waals surface area contributed by atoms with Crippen LogP contribution in [0.25, 0.3) is 0 Å². The molecule has 0 radical (unpaired) electrons. The maximum absolute atomic E-state index is 12.6. The molecule has 2 atom stereocenters. The fraction of sp³-hybridized carbons (Fsp3) is 0.737. The lowest BCUT2D eigenvalue weighted by Crippen LogP contribution is -2.48. The first kappa shape index (κ1) is 18.7. The number of carbonyl (C=O) groups is 1. The molecule has 2 amide bonds. The highest BCUT2D eigenvalue weighted by Crippen LogP contribution is 2.29. The Morgan fingerprint density at radius 2 is 2.16 bits per heavy atom. The molecule has 2 aliphatic heterocycles. The second kappa shape index (κ2) is 9.01. The summed E-state index contributed by atoms with van der Waals surface area (Å²) in [5, 5.41) is 14.6. The highest BCUT2D eigenvalue weighted by molar-refractivity contribution is 7.10. The van der Waals surface area contributed by atoms with Crippen LogP contribution in [0, 0.1) is 11.8 Å². The number of rotatable bonds is 5. The number of urea groups is 1. The lowest BCUT2D eigenvalue weighted by molar-refractivity contribution is 0.120. The molecule has 3 heterocycles. The lowest BCUT2D eigenvalue weighted by Gasteiger charge is -2.37. The molecule has 0 aliphatic carbocycles. The van der Waals surface area contributed by atoms with Gasteiger partial charge in [0.05, 0.1) is 6.04 Å². The van der Waals surface area contributed by atoms with Gasteiger partial charge in [-0.15, -0.1) is 11.3 Å². The third-order valence-corrected chi connectivity index (χ3v) is 6.62. The molecule has 2 saturated heterocycles. The Morgan fingerprint density at radius 1 is 1.36 bits per heavy atom. The van der Waals surface area contributed by atoms with E-state index in [9.17, 15) is 9.90 Å². The van der Waals surface area contributed by atoms with Gasteiger partial charge in [0, 0.05) is 31.1 Å². The van der Waals surface area contributed by atoms with E-state index < -0.39 is 0 Å². The first-order chi connectivity index (χ1) is 12.2. The van der Waals surface area contributed by atoms with Gasteiger partial charge in [0.2, 0.25) is 0 Å². The van der Waals surface area contributed by atoms with Crippen molar-refractivity contribution in [1.29, 1.82) is 0 Å². The maximum Gasteiger partial charge on any atom is 0.317 e. The summed E-state index contributed by atoms with van der Waals surface area (Å²) in [6.07, 6.45) is 4.47. The molecule has 5 nitrogen and oxygen atoms in total. The number of amides is 2. The van der Waals surface area contributed by atoms with Crippen molar-refractivity contribution >= 4 is 17.4 Å². The molecule has 3 rings (SSSR count). The summed E-state index contributed by atoms with van der Waals surface area (Å²) in [7, 11) is 0. The summed E-state index contributed by atoms with van der Waals surface area (Å²) in [4.78, 5) is 18.3. The number of nitrogens with zero attached hydrogens (tertiary/aromatic N) is 2. The van der Waals surface area contributed by atoms with Gasteiger partial charge in [-0.3, -0.25) is 4.90 Å². The second-order valence-electron chi connectivity index (χ2n) is 7.57. The Balaban J connectivity index is 1.58. The Hall–Kier alpha value is -1.11. The Morgan fingerprint density at radius 3 is 2.84 bits per heavy atom. The normalized spacial score (nSPS) is 24.2. The van der Waals surface area contributed by atoms with Crippen LogP contribution >= 0.6 is 11.3 Å². The van der Waals surface area contributed by atoms with Gasteiger partial charge in [0.15, 0.2) is 0 Å². The van der Waals surface area contributed by atoms with Crippen LogP contribution in [0.2, 0.25) is 0 Å². The molecule has 0 saturated carbocycles. The van der Waals surface area contributed by atoms with Crippen molar-refractivity contribution in [1.82, 2.24) is 15.1 Å². The van der Waals surface area contributed by atoms with E-state index in [1.54, 1.807) is 11.3 Å². The van der Waals surface area contributed by atoms with E-state index >= 15 is 0 Å². The topological polar surface area (TPSA) is 55.8 Å². The summed E-state index contributed by atoms with van der Waals surface area (Å²) in [5.74, 6) is 1.04. The summed E-state index contributed by atoms with van der Waals surface area (Å²) in [6, 6.07) is 4.57. The minimum absolute atomic E-state index is 0.0186. The smallest absolute Gasteiger partial charge is 0.317 e. The number of carbonyl (C=O) groups excluding carboxylic acids is 1. The van der Waals surface area contributed by atoms with E-state index in [1.807, 2.05) is 4.90 Å². The lowest BCUT2D eigenvalue weighted by atomic mass is 9.97.